The van der Waals surface area contributed by atoms with Crippen molar-refractivity contribution in [3.05, 3.63) is 54.1 Å². The monoisotopic (exact) mass is 272 g/mol. The quantitative estimate of drug-likeness (QED) is 0.636. The molecule has 19 heavy (non-hydrogen) atoms. The van der Waals surface area contributed by atoms with Gasteiger partial charge in [-0.25, -0.2) is 0 Å². The Kier molecular flexibility index (Phi) is 3.18. The Morgan fingerprint density at radius 1 is 1.11 bits per heavy atom. The number of methoxy groups -OCH3 is 1. The van der Waals surface area contributed by atoms with E-state index in [9.17, 15) is 0 Å². The van der Waals surface area contributed by atoms with Crippen LogP contribution in [0.3, 0.4) is 0 Å². The van der Waals surface area contributed by atoms with Gasteiger partial charge in [-0.1, -0.05) is 18.2 Å². The Morgan fingerprint density at radius 3 is 2.79 bits per heavy atom. The normalized spacial score (nSPS) is 10.8. The smallest absolute Gasteiger partial charge is 0.135 e. The molecular weight excluding hydrogens is 260 g/mol. The van der Waals surface area contributed by atoms with Gasteiger partial charge in [-0.05, 0) is 35.9 Å². The van der Waals surface area contributed by atoms with Crippen molar-refractivity contribution in [2.45, 2.75) is 5.88 Å². The summed E-state index contributed by atoms with van der Waals surface area (Å²) in [7, 11) is 1.66. The van der Waals surface area contributed by atoms with Gasteiger partial charge in [0, 0.05) is 16.8 Å². The van der Waals surface area contributed by atoms with Crippen LogP contribution in [0, 0.1) is 0 Å². The van der Waals surface area contributed by atoms with Gasteiger partial charge >= 0.3 is 0 Å². The summed E-state index contributed by atoms with van der Waals surface area (Å²) in [6.07, 6.45) is 0. The Balaban J connectivity index is 2.09. The molecule has 0 aliphatic heterocycles. The first kappa shape index (κ1) is 12.1. The highest BCUT2D eigenvalue weighted by molar-refractivity contribution is 6.17. The summed E-state index contributed by atoms with van der Waals surface area (Å²) in [6, 6.07) is 15.8. The average Bonchev–Trinajstić information content (AvgIpc) is 2.90. The third-order valence-electron chi connectivity index (χ3n) is 3.09. The van der Waals surface area contributed by atoms with Crippen molar-refractivity contribution in [1.29, 1.82) is 0 Å². The van der Waals surface area contributed by atoms with E-state index in [4.69, 9.17) is 20.8 Å². The molecule has 0 bridgehead atoms. The molecule has 1 aromatic heterocycles. The van der Waals surface area contributed by atoms with Crippen molar-refractivity contribution in [3.63, 3.8) is 0 Å². The van der Waals surface area contributed by atoms with Gasteiger partial charge in [0.15, 0.2) is 0 Å². The molecule has 3 rings (SSSR count). The molecule has 0 amide bonds. The molecule has 1 heterocycles. The molecule has 3 aromatic rings. The first-order chi connectivity index (χ1) is 9.30. The van der Waals surface area contributed by atoms with Crippen LogP contribution in [0.4, 0.5) is 0 Å². The summed E-state index contributed by atoms with van der Waals surface area (Å²) in [5.41, 5.74) is 2.96. The molecule has 0 saturated carbocycles. The van der Waals surface area contributed by atoms with Crippen molar-refractivity contribution >= 4 is 22.6 Å². The average molecular weight is 273 g/mol. The summed E-state index contributed by atoms with van der Waals surface area (Å²) in [5, 5.41) is 1.07. The van der Waals surface area contributed by atoms with Crippen LogP contribution in [0.25, 0.3) is 22.3 Å². The van der Waals surface area contributed by atoms with Gasteiger partial charge < -0.3 is 9.15 Å². The van der Waals surface area contributed by atoms with E-state index in [-0.39, 0.29) is 0 Å². The van der Waals surface area contributed by atoms with Crippen LogP contribution in [-0.2, 0) is 5.88 Å². The second kappa shape index (κ2) is 4.98. The number of alkyl halides is 1. The minimum atomic E-state index is 0.510. The zero-order chi connectivity index (χ0) is 13.2. The van der Waals surface area contributed by atoms with Crippen molar-refractivity contribution in [2.75, 3.05) is 7.11 Å². The maximum atomic E-state index is 5.85. The fourth-order valence-electron chi connectivity index (χ4n) is 2.09. The summed E-state index contributed by atoms with van der Waals surface area (Å²) in [4.78, 5) is 0. The van der Waals surface area contributed by atoms with Crippen LogP contribution in [0.15, 0.2) is 52.9 Å². The highest BCUT2D eigenvalue weighted by Gasteiger charge is 2.07. The Bertz CT molecular complexity index is 716. The predicted octanol–water partition coefficient (Wildman–Crippen LogP) is 4.85. The largest absolute Gasteiger partial charge is 0.497 e. The zero-order valence-corrected chi connectivity index (χ0v) is 11.3. The van der Waals surface area contributed by atoms with Crippen LogP contribution in [0.5, 0.6) is 5.75 Å². The highest BCUT2D eigenvalue weighted by Crippen LogP contribution is 2.30. The Morgan fingerprint density at radius 2 is 2.00 bits per heavy atom. The lowest BCUT2D eigenvalue weighted by Crippen LogP contribution is -1.82. The van der Waals surface area contributed by atoms with Crippen molar-refractivity contribution in [1.82, 2.24) is 0 Å². The molecular formula is C16H13ClO2. The van der Waals surface area contributed by atoms with Gasteiger partial charge in [-0.2, -0.15) is 0 Å². The van der Waals surface area contributed by atoms with Crippen LogP contribution < -0.4 is 4.74 Å². The number of halogens is 1. The molecule has 0 aliphatic rings. The maximum absolute atomic E-state index is 5.85. The first-order valence-corrected chi connectivity index (χ1v) is 6.56. The van der Waals surface area contributed by atoms with Crippen molar-refractivity contribution in [3.8, 4) is 17.1 Å². The van der Waals surface area contributed by atoms with Crippen LogP contribution >= 0.6 is 11.6 Å². The summed E-state index contributed by atoms with van der Waals surface area (Å²) < 4.78 is 11.1. The van der Waals surface area contributed by atoms with Crippen LogP contribution in [-0.4, -0.2) is 7.11 Å². The van der Waals surface area contributed by atoms with Crippen molar-refractivity contribution < 1.29 is 9.15 Å². The van der Waals surface area contributed by atoms with E-state index < -0.39 is 0 Å². The standard InChI is InChI=1S/C16H13ClO2/c1-18-14-4-2-3-12(8-14)16-9-13-7-11(10-17)5-6-15(13)19-16/h2-9H,10H2,1H3. The lowest BCUT2D eigenvalue weighted by Gasteiger charge is -2.01. The summed E-state index contributed by atoms with van der Waals surface area (Å²) in [6.45, 7) is 0. The molecule has 0 spiro atoms. The van der Waals surface area contributed by atoms with Gasteiger partial charge in [0.25, 0.3) is 0 Å². The molecule has 0 unspecified atom stereocenters. The number of rotatable bonds is 3. The van der Waals surface area contributed by atoms with Gasteiger partial charge in [0.1, 0.15) is 17.1 Å². The number of hydrogen-bond donors (Lipinski definition) is 0. The topological polar surface area (TPSA) is 22.4 Å². The minimum Gasteiger partial charge on any atom is -0.497 e. The second-order valence-electron chi connectivity index (χ2n) is 4.35. The first-order valence-electron chi connectivity index (χ1n) is 6.03. The number of hydrogen-bond acceptors (Lipinski definition) is 2. The molecule has 3 heteroatoms. The van der Waals surface area contributed by atoms with Gasteiger partial charge in [-0.3, -0.25) is 0 Å². The van der Waals surface area contributed by atoms with Crippen LogP contribution in [0.2, 0.25) is 0 Å². The third kappa shape index (κ3) is 2.32. The lowest BCUT2D eigenvalue weighted by molar-refractivity contribution is 0.415. The molecule has 0 aliphatic carbocycles. The molecule has 0 saturated heterocycles. The highest BCUT2D eigenvalue weighted by atomic mass is 35.5. The van der Waals surface area contributed by atoms with E-state index in [1.165, 1.54) is 0 Å². The molecule has 2 nitrogen and oxygen atoms in total. The molecule has 2 aromatic carbocycles. The third-order valence-corrected chi connectivity index (χ3v) is 3.40. The lowest BCUT2D eigenvalue weighted by atomic mass is 10.1. The van der Waals surface area contributed by atoms with Gasteiger partial charge in [0.2, 0.25) is 0 Å². The maximum Gasteiger partial charge on any atom is 0.135 e. The number of ether oxygens (including phenoxy) is 1. The minimum absolute atomic E-state index is 0.510. The SMILES string of the molecule is COc1cccc(-c2cc3cc(CCl)ccc3o2)c1. The van der Waals surface area contributed by atoms with E-state index >= 15 is 0 Å². The number of fused-ring (bicyclic) bond motifs is 1. The van der Waals surface area contributed by atoms with Gasteiger partial charge in [0.05, 0.1) is 7.11 Å². The summed E-state index contributed by atoms with van der Waals surface area (Å²) in [5.74, 6) is 2.16. The molecule has 0 fully saturated rings. The van der Waals surface area contributed by atoms with E-state index in [2.05, 4.69) is 6.07 Å². The van der Waals surface area contributed by atoms with E-state index in [0.29, 0.717) is 5.88 Å². The molecule has 0 N–H and O–H groups in total. The molecule has 0 radical (unpaired) electrons. The van der Waals surface area contributed by atoms with Crippen LogP contribution in [0.1, 0.15) is 5.56 Å². The van der Waals surface area contributed by atoms with Crippen molar-refractivity contribution in [2.24, 2.45) is 0 Å². The van der Waals surface area contributed by atoms with E-state index in [0.717, 1.165) is 33.6 Å². The number of benzene rings is 2. The molecule has 96 valence electrons. The molecule has 0 atom stereocenters. The van der Waals surface area contributed by atoms with Gasteiger partial charge in [-0.15, -0.1) is 11.6 Å². The Hall–Kier alpha value is -1.93. The fourth-order valence-corrected chi connectivity index (χ4v) is 2.26. The summed E-state index contributed by atoms with van der Waals surface area (Å²) >= 11 is 5.84. The fraction of sp³-hybridized carbons (Fsp3) is 0.125. The predicted molar refractivity (Wildman–Crippen MR) is 77.8 cm³/mol. The van der Waals surface area contributed by atoms with E-state index in [1.54, 1.807) is 7.11 Å². The number of furan rings is 1. The Labute approximate surface area is 116 Å². The zero-order valence-electron chi connectivity index (χ0n) is 10.5. The second-order valence-corrected chi connectivity index (χ2v) is 4.62. The van der Waals surface area contributed by atoms with E-state index in [1.807, 2.05) is 42.5 Å².